The number of hydrogen-bond acceptors (Lipinski definition) is 3. The van der Waals surface area contributed by atoms with Crippen molar-refractivity contribution in [1.29, 1.82) is 0 Å². The summed E-state index contributed by atoms with van der Waals surface area (Å²) in [5, 5.41) is 8.32. The molecule has 1 radical (unpaired) electrons. The van der Waals surface area contributed by atoms with E-state index >= 15 is 0 Å². The van der Waals surface area contributed by atoms with Gasteiger partial charge in [-0.2, -0.15) is 0 Å². The molecule has 0 bridgehead atoms. The molecule has 7 heteroatoms. The maximum absolute atomic E-state index is 13.3. The molecule has 1 aromatic carbocycles. The minimum absolute atomic E-state index is 0. The van der Waals surface area contributed by atoms with Gasteiger partial charge in [0.15, 0.2) is 0 Å². The quantitative estimate of drug-likeness (QED) is 0.575. The van der Waals surface area contributed by atoms with Gasteiger partial charge in [0.25, 0.3) is 0 Å². The number of pyridine rings is 2. The number of carbonyl (C=O) groups is 1. The Hall–Kier alpha value is -2.50. The Bertz CT molecular complexity index is 787. The summed E-state index contributed by atoms with van der Waals surface area (Å²) in [5.74, 6) is -2.17. The van der Waals surface area contributed by atoms with E-state index in [4.69, 9.17) is 5.11 Å². The van der Waals surface area contributed by atoms with Crippen LogP contribution in [0.2, 0.25) is 0 Å². The fourth-order valence-corrected chi connectivity index (χ4v) is 1.71. The molecule has 0 amide bonds. The van der Waals surface area contributed by atoms with E-state index in [0.29, 0.717) is 11.3 Å². The zero-order valence-electron chi connectivity index (χ0n) is 12.2. The van der Waals surface area contributed by atoms with Crippen LogP contribution in [-0.4, -0.2) is 21.0 Å². The van der Waals surface area contributed by atoms with Crippen molar-refractivity contribution in [2.45, 2.75) is 0 Å². The molecule has 3 rings (SSSR count). The topological polar surface area (TPSA) is 63.1 Å². The van der Waals surface area contributed by atoms with Crippen molar-refractivity contribution in [1.82, 2.24) is 9.97 Å². The molecule has 0 aliphatic carbocycles. The zero-order valence-corrected chi connectivity index (χ0v) is 14.6. The van der Waals surface area contributed by atoms with Gasteiger partial charge in [0.1, 0.15) is 17.3 Å². The first-order valence-corrected chi connectivity index (χ1v) is 6.58. The van der Waals surface area contributed by atoms with Gasteiger partial charge in [-0.15, -0.1) is 0 Å². The van der Waals surface area contributed by atoms with E-state index in [1.807, 2.05) is 0 Å². The maximum Gasteiger partial charge on any atom is 0.354 e. The predicted octanol–water partition coefficient (Wildman–Crippen LogP) is 3.80. The average molecular weight is 507 g/mol. The van der Waals surface area contributed by atoms with Gasteiger partial charge in [0, 0.05) is 44.1 Å². The summed E-state index contributed by atoms with van der Waals surface area (Å²) in [6.45, 7) is 0. The van der Waals surface area contributed by atoms with Gasteiger partial charge in [-0.25, -0.2) is 18.6 Å². The normalized spacial score (nSPS) is 9.25. The Morgan fingerprint density at radius 2 is 1.58 bits per heavy atom. The predicted molar refractivity (Wildman–Crippen MR) is 80.8 cm³/mol. The number of nitrogens with zero attached hydrogens (tertiary/aromatic N) is 2. The smallest absolute Gasteiger partial charge is 0.354 e. The average Bonchev–Trinajstić information content (AvgIpc) is 2.57. The van der Waals surface area contributed by atoms with Gasteiger partial charge in [0.05, 0.1) is 5.69 Å². The fraction of sp³-hybridized carbons (Fsp3) is 0. The molecule has 0 saturated carbocycles. The van der Waals surface area contributed by atoms with Crippen LogP contribution >= 0.6 is 0 Å². The van der Waals surface area contributed by atoms with E-state index in [1.54, 1.807) is 36.5 Å². The molecule has 3 aromatic rings. The summed E-state index contributed by atoms with van der Waals surface area (Å²) in [6.07, 6.45) is 3.02. The molecule has 0 atom stereocenters. The largest absolute Gasteiger partial charge is 0.477 e. The Morgan fingerprint density at radius 3 is 2.04 bits per heavy atom. The molecule has 2 aromatic heterocycles. The first-order valence-electron chi connectivity index (χ1n) is 6.58. The van der Waals surface area contributed by atoms with Crippen molar-refractivity contribution < 1.29 is 38.8 Å². The van der Waals surface area contributed by atoms with Crippen molar-refractivity contribution in [3.8, 4) is 11.3 Å². The van der Waals surface area contributed by atoms with Crippen LogP contribution in [0, 0.1) is 11.6 Å². The first kappa shape index (κ1) is 19.5. The van der Waals surface area contributed by atoms with Crippen molar-refractivity contribution in [2.75, 3.05) is 0 Å². The Balaban J connectivity index is 0.000000252. The summed E-state index contributed by atoms with van der Waals surface area (Å²) in [4.78, 5) is 17.7. The molecular formula is C17H12F2IrN2O2. The zero-order chi connectivity index (χ0) is 16.7. The molecule has 2 heterocycles. The molecule has 0 unspecified atom stereocenters. The second-order valence-electron chi connectivity index (χ2n) is 4.36. The van der Waals surface area contributed by atoms with E-state index in [-0.39, 0.29) is 25.8 Å². The summed E-state index contributed by atoms with van der Waals surface area (Å²) >= 11 is 0. The third kappa shape index (κ3) is 5.61. The summed E-state index contributed by atoms with van der Waals surface area (Å²) in [6, 6.07) is 13.4. The van der Waals surface area contributed by atoms with Crippen LogP contribution < -0.4 is 0 Å². The van der Waals surface area contributed by atoms with Gasteiger partial charge in [-0.1, -0.05) is 12.1 Å². The van der Waals surface area contributed by atoms with Crippen molar-refractivity contribution in [2.24, 2.45) is 0 Å². The summed E-state index contributed by atoms with van der Waals surface area (Å²) < 4.78 is 25.9. The standard InChI is InChI=1S/C11H7F2N.C6H5NO2.Ir/c12-8-4-5-9(10(13)7-8)11-3-1-2-6-14-11;8-6(9)5-3-1-2-4-7-5;/h1-7H;1-4H,(H,8,9);. The number of aromatic carboxylic acids is 1. The molecule has 0 fully saturated rings. The van der Waals surface area contributed by atoms with Crippen LogP contribution in [0.1, 0.15) is 10.5 Å². The number of carboxylic acid groups (broad SMARTS) is 1. The van der Waals surface area contributed by atoms with Gasteiger partial charge >= 0.3 is 5.97 Å². The van der Waals surface area contributed by atoms with Crippen LogP contribution in [-0.2, 0) is 20.1 Å². The molecule has 0 spiro atoms. The van der Waals surface area contributed by atoms with Gasteiger partial charge in [0.2, 0.25) is 0 Å². The Labute approximate surface area is 150 Å². The second-order valence-corrected chi connectivity index (χ2v) is 4.36. The molecule has 1 N–H and O–H groups in total. The minimum atomic E-state index is -0.990. The number of rotatable bonds is 2. The van der Waals surface area contributed by atoms with Crippen LogP contribution in [0.3, 0.4) is 0 Å². The van der Waals surface area contributed by atoms with Crippen molar-refractivity contribution in [3.05, 3.63) is 84.3 Å². The number of aromatic nitrogens is 2. The third-order valence-electron chi connectivity index (χ3n) is 2.76. The van der Waals surface area contributed by atoms with E-state index in [0.717, 1.165) is 6.07 Å². The molecule has 125 valence electrons. The minimum Gasteiger partial charge on any atom is -0.477 e. The van der Waals surface area contributed by atoms with Crippen LogP contribution in [0.15, 0.2) is 67.0 Å². The fourth-order valence-electron chi connectivity index (χ4n) is 1.71. The number of benzene rings is 1. The molecule has 0 saturated heterocycles. The van der Waals surface area contributed by atoms with Gasteiger partial charge in [-0.3, -0.25) is 4.98 Å². The molecule has 24 heavy (non-hydrogen) atoms. The first-order chi connectivity index (χ1) is 11.1. The van der Waals surface area contributed by atoms with E-state index in [9.17, 15) is 13.6 Å². The van der Waals surface area contributed by atoms with Crippen LogP contribution in [0.5, 0.6) is 0 Å². The number of carboxylic acids is 1. The van der Waals surface area contributed by atoms with Gasteiger partial charge in [-0.05, 0) is 36.4 Å². The summed E-state index contributed by atoms with van der Waals surface area (Å²) in [5.41, 5.74) is 0.898. The van der Waals surface area contributed by atoms with E-state index < -0.39 is 17.6 Å². The van der Waals surface area contributed by atoms with Crippen LogP contribution in [0.4, 0.5) is 8.78 Å². The molecule has 0 aliphatic heterocycles. The Kier molecular flexibility index (Phi) is 7.82. The molecule has 4 nitrogen and oxygen atoms in total. The Morgan fingerprint density at radius 1 is 0.917 bits per heavy atom. The third-order valence-corrected chi connectivity index (χ3v) is 2.76. The number of halogens is 2. The molecular weight excluding hydrogens is 494 g/mol. The summed E-state index contributed by atoms with van der Waals surface area (Å²) in [7, 11) is 0. The van der Waals surface area contributed by atoms with E-state index in [1.165, 1.54) is 24.4 Å². The van der Waals surface area contributed by atoms with Crippen molar-refractivity contribution in [3.63, 3.8) is 0 Å². The van der Waals surface area contributed by atoms with Gasteiger partial charge < -0.3 is 5.11 Å². The van der Waals surface area contributed by atoms with Crippen molar-refractivity contribution >= 4 is 5.97 Å². The maximum atomic E-state index is 13.3. The van der Waals surface area contributed by atoms with E-state index in [2.05, 4.69) is 9.97 Å². The SMILES string of the molecule is Fc1ccc(-c2ccccn2)c(F)c1.O=C(O)c1ccccn1.[Ir]. The molecule has 0 aliphatic rings. The number of hydrogen-bond donors (Lipinski definition) is 1. The monoisotopic (exact) mass is 507 g/mol. The second kappa shape index (κ2) is 9.60. The van der Waals surface area contributed by atoms with Crippen LogP contribution in [0.25, 0.3) is 11.3 Å².